The van der Waals surface area contributed by atoms with Gasteiger partial charge in [-0.2, -0.15) is 0 Å². The summed E-state index contributed by atoms with van der Waals surface area (Å²) in [6.45, 7) is 33.1. The maximum atomic E-state index is 13.5. The Morgan fingerprint density at radius 1 is 0.518 bits per heavy atom. The van der Waals surface area contributed by atoms with E-state index in [1.807, 2.05) is 186 Å². The molecule has 12 heterocycles. The Morgan fingerprint density at radius 3 is 1.44 bits per heavy atom. The van der Waals surface area contributed by atoms with Crippen molar-refractivity contribution in [1.82, 2.24) is 48.8 Å². The van der Waals surface area contributed by atoms with E-state index in [4.69, 9.17) is 39.9 Å². The Bertz CT molecular complexity index is 5900. The molecule has 576 valence electrons. The molecule has 1 saturated heterocycles. The molecule has 112 heavy (non-hydrogen) atoms. The molecule has 0 saturated carbocycles. The number of hydrogen-bond donors (Lipinski definition) is 4. The number of carboxylic acid groups (broad SMARTS) is 2. The molecule has 1 unspecified atom stereocenters. The Morgan fingerprint density at radius 2 is 0.964 bits per heavy atom. The maximum Gasteiger partial charge on any atom is 2.00 e. The zero-order valence-electron chi connectivity index (χ0n) is 63.9. The van der Waals surface area contributed by atoms with Crippen molar-refractivity contribution in [2.45, 2.75) is 144 Å². The number of aliphatic carboxylic acids is 2. The fourth-order valence-electron chi connectivity index (χ4n) is 14.8. The molecule has 5 aliphatic rings. The van der Waals surface area contributed by atoms with Crippen molar-refractivity contribution >= 4 is 176 Å². The van der Waals surface area contributed by atoms with Gasteiger partial charge in [-0.15, -0.1) is 33.1 Å². The van der Waals surface area contributed by atoms with Gasteiger partial charge in [-0.05, 0) is 132 Å². The van der Waals surface area contributed by atoms with E-state index in [9.17, 15) is 34.2 Å². The number of carboxylic acids is 2. The molecule has 1 atom stereocenters. The van der Waals surface area contributed by atoms with Crippen molar-refractivity contribution in [3.05, 3.63) is 236 Å². The quantitative estimate of drug-likeness (QED) is 0.0249. The van der Waals surface area contributed by atoms with Gasteiger partial charge in [-0.1, -0.05) is 150 Å². The molecule has 18 nitrogen and oxygen atoms in total. The summed E-state index contributed by atoms with van der Waals surface area (Å²) in [6.07, 6.45) is 15.1. The van der Waals surface area contributed by atoms with Crippen LogP contribution in [0.1, 0.15) is 188 Å². The van der Waals surface area contributed by atoms with Crippen molar-refractivity contribution in [2.24, 2.45) is 0 Å². The summed E-state index contributed by atoms with van der Waals surface area (Å²) in [5, 5.41) is 26.9. The van der Waals surface area contributed by atoms with Crippen LogP contribution in [0.4, 0.5) is 5.69 Å². The maximum absolute atomic E-state index is 13.5. The van der Waals surface area contributed by atoms with Gasteiger partial charge in [-0.3, -0.25) is 14.4 Å². The smallest absolute Gasteiger partial charge is 0.481 e. The Hall–Kier alpha value is -9.82. The summed E-state index contributed by atoms with van der Waals surface area (Å²) in [6, 6.07) is 30.7. The van der Waals surface area contributed by atoms with Crippen LogP contribution in [0.3, 0.4) is 0 Å². The Balaban J connectivity index is 0.000000219. The summed E-state index contributed by atoms with van der Waals surface area (Å²) in [5.41, 5.74) is 27.8. The van der Waals surface area contributed by atoms with E-state index in [-0.39, 0.29) is 91.3 Å². The minimum Gasteiger partial charge on any atom is -0.481 e. The average Bonchev–Trinajstić information content (AvgIpc) is 1.62. The van der Waals surface area contributed by atoms with E-state index in [0.717, 1.165) is 178 Å². The molecule has 0 spiro atoms. The van der Waals surface area contributed by atoms with Crippen LogP contribution in [0.25, 0.3) is 116 Å². The van der Waals surface area contributed by atoms with Crippen LogP contribution in [-0.4, -0.2) is 89.7 Å². The second-order valence-corrected chi connectivity index (χ2v) is 33.1. The Kier molecular flexibility index (Phi) is 27.0. The van der Waals surface area contributed by atoms with E-state index < -0.39 is 11.9 Å². The van der Waals surface area contributed by atoms with Crippen molar-refractivity contribution < 1.29 is 62.9 Å². The third kappa shape index (κ3) is 17.8. The molecule has 7 aromatic heterocycles. The second-order valence-electron chi connectivity index (χ2n) is 28.2. The molecule has 14 rings (SSSR count). The fraction of sp³-hybridized carbons (Fsp3) is 0.270. The summed E-state index contributed by atoms with van der Waals surface area (Å²) >= 11 is -0.151. The number of carbonyl (C=O) groups excluding carboxylic acids is 2. The summed E-state index contributed by atoms with van der Waals surface area (Å²) in [7, 11) is 4.01. The number of fused-ring (bicyclic) bond motifs is 17. The van der Waals surface area contributed by atoms with Crippen LogP contribution >= 0.6 is 21.6 Å². The van der Waals surface area contributed by atoms with Gasteiger partial charge in [-0.25, -0.2) is 19.9 Å². The number of aromatic nitrogens is 9. The molecule has 23 heteroatoms. The number of anilines is 1. The first-order chi connectivity index (χ1) is 53.0. The van der Waals surface area contributed by atoms with Crippen molar-refractivity contribution in [3.8, 4) is 5.69 Å². The van der Waals surface area contributed by atoms with E-state index in [2.05, 4.69) is 36.9 Å². The predicted octanol–water partition coefficient (Wildman–Crippen LogP) is 18.2. The number of unbranched alkanes of at least 4 members (excludes halogenated alkanes) is 2. The minimum absolute atomic E-state index is 0. The number of benzene rings is 2. The molecule has 16 bridgehead atoms. The van der Waals surface area contributed by atoms with Gasteiger partial charge in [0.05, 0.1) is 45.6 Å². The van der Waals surface area contributed by atoms with Crippen LogP contribution in [0.15, 0.2) is 140 Å². The zero-order valence-corrected chi connectivity index (χ0v) is 69.3. The fourth-order valence-corrected chi connectivity index (χ4v) is 20.0. The van der Waals surface area contributed by atoms with Crippen LogP contribution in [0.2, 0.25) is 0 Å². The second kappa shape index (κ2) is 36.3. The van der Waals surface area contributed by atoms with Gasteiger partial charge < -0.3 is 30.5 Å². The minimum atomic E-state index is -0.897. The number of carbonyl (C=O) groups is 4. The number of nitrogens with zero attached hydrogens (tertiary/aromatic N) is 9. The number of aryl methyl sites for hydroxylation is 6. The largest absolute Gasteiger partial charge is 2.00 e. The normalized spacial score (nSPS) is 13.9. The van der Waals surface area contributed by atoms with Crippen molar-refractivity contribution in [1.29, 1.82) is 0 Å². The van der Waals surface area contributed by atoms with Crippen molar-refractivity contribution in [2.75, 3.05) is 17.6 Å². The van der Waals surface area contributed by atoms with Crippen LogP contribution < -0.4 is 36.1 Å². The number of nitrogens with one attached hydrogen (secondary N) is 2. The first kappa shape index (κ1) is 83.1. The van der Waals surface area contributed by atoms with Crippen LogP contribution in [-0.2, 0) is 65.6 Å². The molecule has 2 radical (unpaired) electrons. The number of amides is 2. The first-order valence-corrected chi connectivity index (χ1v) is 41.1. The molecule has 0 aliphatic carbocycles. The average molecular weight is 1680 g/mol. The summed E-state index contributed by atoms with van der Waals surface area (Å²) in [5.74, 6) is -0.645. The number of hydrogen-bond acceptors (Lipinski definition) is 11. The molecule has 4 N–H and O–H groups in total. The standard InChI is InChI=1S/C47H42N6O4Se.C42H49N5O3S2.2Co/c1-7-31-25(3)36-21-37-28(6)34(18-20-46(55)56)43(51-37)24-42-33(27(5)39(52-42)23-41-32(8-2)26(4)38(50-41)22-40(31)49-36)17-19-45(54)48-29-13-15-30(16-14-29)53-47(57)35-11-9-10-12-44(35)58-53;1-7-29-24(3)33-20-34-27(6)32(14-16-42(49)50)40(46-34)23-39-31(13-15-41(48)43-18-11-9-10-12-28-17-19-51-52-28)26(5)36(47-39)22-38-30(8-2)25(4)35(45-38)21-37(29)44-33;;/h7-16,21-24H,1-2,17-20H2,3-6H3,(H4,48,49,50,51,52,54,55,56);7-8,20-23,28H,1-2,9-19H2,3-6H3,(H4,43,44,45,46,47,48,49,50);;/q;;2*+2/p-4. The Labute approximate surface area is 686 Å². The summed E-state index contributed by atoms with van der Waals surface area (Å²) in [4.78, 5) is 103. The first-order valence-electron chi connectivity index (χ1n) is 37.1. The topological polar surface area (TPSA) is 263 Å². The zero-order chi connectivity index (χ0) is 77.8. The predicted molar refractivity (Wildman–Crippen MR) is 453 cm³/mol. The van der Waals surface area contributed by atoms with Gasteiger partial charge in [0.15, 0.2) is 0 Å². The van der Waals surface area contributed by atoms with E-state index >= 15 is 0 Å². The van der Waals surface area contributed by atoms with E-state index in [1.165, 1.54) is 25.0 Å². The number of rotatable bonds is 24. The SMILES string of the molecule is C=CC1=C(C)c2cc3[n-]c(cc4nc(cc5[n-]c(cc1n2)c(C)c5CCC(=O)NCCCCCC1CCSS1)C(CCC(=O)O)=C4C)c(C)c3C=C.C=CC1=C(C)c2cc3[n-]c(cc4nc(cc5[n-]c(cc1n2)c(C)c5CCC(=O)Nc1ccc(-n2[se]c5ccccc5c2=O)cc1)C(CCC(=O)O)=C4C)c(C)c3C=C.[Co+2].[Co+2]. The molecule has 2 amide bonds. The molecular formula is C89H87Co2N11O7S2Se. The van der Waals surface area contributed by atoms with Crippen molar-refractivity contribution in [3.63, 3.8) is 0 Å². The molecular weight excluding hydrogens is 1600 g/mol. The van der Waals surface area contributed by atoms with E-state index in [1.54, 1.807) is 15.7 Å². The van der Waals surface area contributed by atoms with Crippen LogP contribution in [0, 0.1) is 27.7 Å². The van der Waals surface area contributed by atoms with Gasteiger partial charge in [0.1, 0.15) is 0 Å². The van der Waals surface area contributed by atoms with E-state index in [0.29, 0.717) is 71.7 Å². The molecule has 5 aliphatic heterocycles. The summed E-state index contributed by atoms with van der Waals surface area (Å²) < 4.78 is 2.85. The molecule has 2 aromatic carbocycles. The van der Waals surface area contributed by atoms with Gasteiger partial charge >= 0.3 is 213 Å². The number of allylic oxidation sites excluding steroid dienone is 10. The third-order valence-corrected chi connectivity index (χ3v) is 26.6. The van der Waals surface area contributed by atoms with Crippen LogP contribution in [0.5, 0.6) is 0 Å². The molecule has 1 fully saturated rings. The van der Waals surface area contributed by atoms with Gasteiger partial charge in [0, 0.05) is 48.0 Å². The third-order valence-electron chi connectivity index (χ3n) is 21.3. The monoisotopic (exact) mass is 1680 g/mol. The van der Waals surface area contributed by atoms with Gasteiger partial charge in [0.25, 0.3) is 0 Å². The van der Waals surface area contributed by atoms with Gasteiger partial charge in [0.2, 0.25) is 5.91 Å². The molecule has 9 aromatic rings.